The molecule has 2 heterocycles. The molecular formula is C23H28N2O3S. The van der Waals surface area contributed by atoms with Crippen LogP contribution >= 0.6 is 11.8 Å². The van der Waals surface area contributed by atoms with Crippen LogP contribution in [0.15, 0.2) is 47.4 Å². The number of nitrogens with zero attached hydrogens (tertiary/aromatic N) is 2. The van der Waals surface area contributed by atoms with Gasteiger partial charge in [-0.25, -0.2) is 0 Å². The highest BCUT2D eigenvalue weighted by molar-refractivity contribution is 7.98. The fourth-order valence-electron chi connectivity index (χ4n) is 4.05. The zero-order valence-corrected chi connectivity index (χ0v) is 17.9. The van der Waals surface area contributed by atoms with Crippen LogP contribution in [0, 0.1) is 0 Å². The first-order valence-electron chi connectivity index (χ1n) is 10.1. The molecule has 4 rings (SSSR count). The Morgan fingerprint density at radius 3 is 2.66 bits per heavy atom. The summed E-state index contributed by atoms with van der Waals surface area (Å²) < 4.78 is 11.4. The highest BCUT2D eigenvalue weighted by atomic mass is 32.2. The lowest BCUT2D eigenvalue weighted by atomic mass is 10.0. The molecule has 2 aromatic carbocycles. The molecule has 0 aliphatic carbocycles. The fourth-order valence-corrected chi connectivity index (χ4v) is 4.46. The van der Waals surface area contributed by atoms with Crippen LogP contribution in [0.25, 0.3) is 0 Å². The summed E-state index contributed by atoms with van der Waals surface area (Å²) in [5.74, 6) is 1.79. The molecule has 1 saturated heterocycles. The maximum atomic E-state index is 12.9. The van der Waals surface area contributed by atoms with Crippen molar-refractivity contribution in [1.29, 1.82) is 0 Å². The van der Waals surface area contributed by atoms with Gasteiger partial charge in [0.25, 0.3) is 0 Å². The lowest BCUT2D eigenvalue weighted by Gasteiger charge is -2.28. The van der Waals surface area contributed by atoms with E-state index in [1.807, 2.05) is 18.0 Å². The highest BCUT2D eigenvalue weighted by Crippen LogP contribution is 2.38. The van der Waals surface area contributed by atoms with Crippen LogP contribution in [-0.4, -0.2) is 55.3 Å². The van der Waals surface area contributed by atoms with Crippen molar-refractivity contribution in [1.82, 2.24) is 9.80 Å². The quantitative estimate of drug-likeness (QED) is 0.672. The summed E-state index contributed by atoms with van der Waals surface area (Å²) in [6.07, 6.45) is 4.23. The fraction of sp³-hybridized carbons (Fsp3) is 0.435. The van der Waals surface area contributed by atoms with E-state index in [2.05, 4.69) is 47.6 Å². The number of thioether (sulfide) groups is 1. The molecule has 1 fully saturated rings. The Bertz CT molecular complexity index is 856. The summed E-state index contributed by atoms with van der Waals surface area (Å²) in [6, 6.07) is 14.9. The second-order valence-corrected chi connectivity index (χ2v) is 8.51. The SMILES string of the molecule is CSc1ccc(CN(C)C(=O)CN2CCC[C@H]2c2ccc3c(c2)OCCO3)cc1. The van der Waals surface area contributed by atoms with Crippen LogP contribution in [0.1, 0.15) is 30.0 Å². The summed E-state index contributed by atoms with van der Waals surface area (Å²) in [5, 5.41) is 0. The molecule has 29 heavy (non-hydrogen) atoms. The number of likely N-dealkylation sites (N-methyl/N-ethyl adjacent to an activating group) is 1. The van der Waals surface area contributed by atoms with E-state index in [-0.39, 0.29) is 11.9 Å². The number of ether oxygens (including phenoxy) is 2. The van der Waals surface area contributed by atoms with E-state index in [9.17, 15) is 4.79 Å². The summed E-state index contributed by atoms with van der Waals surface area (Å²) in [7, 11) is 1.89. The molecule has 1 atom stereocenters. The Labute approximate surface area is 177 Å². The molecule has 5 nitrogen and oxygen atoms in total. The third kappa shape index (κ3) is 4.70. The van der Waals surface area contributed by atoms with Gasteiger partial charge in [0.2, 0.25) is 5.91 Å². The largest absolute Gasteiger partial charge is 0.486 e. The Hall–Kier alpha value is -2.18. The van der Waals surface area contributed by atoms with Crippen molar-refractivity contribution in [2.75, 3.05) is 39.6 Å². The first-order valence-corrected chi connectivity index (χ1v) is 11.4. The Morgan fingerprint density at radius 1 is 1.14 bits per heavy atom. The van der Waals surface area contributed by atoms with Gasteiger partial charge in [-0.2, -0.15) is 0 Å². The van der Waals surface area contributed by atoms with Gasteiger partial charge in [-0.15, -0.1) is 11.8 Å². The molecule has 0 radical (unpaired) electrons. The maximum Gasteiger partial charge on any atom is 0.236 e. The smallest absolute Gasteiger partial charge is 0.236 e. The number of rotatable bonds is 6. The zero-order chi connectivity index (χ0) is 20.2. The normalized spacial score (nSPS) is 18.6. The predicted octanol–water partition coefficient (Wildman–Crippen LogP) is 3.98. The van der Waals surface area contributed by atoms with E-state index in [0.29, 0.717) is 26.3 Å². The van der Waals surface area contributed by atoms with Crippen molar-refractivity contribution in [3.05, 3.63) is 53.6 Å². The van der Waals surface area contributed by atoms with Gasteiger partial charge in [-0.3, -0.25) is 9.69 Å². The number of likely N-dealkylation sites (tertiary alicyclic amines) is 1. The average Bonchev–Trinajstić information content (AvgIpc) is 3.22. The van der Waals surface area contributed by atoms with Crippen molar-refractivity contribution >= 4 is 17.7 Å². The van der Waals surface area contributed by atoms with Crippen LogP contribution in [0.3, 0.4) is 0 Å². The number of hydrogen-bond donors (Lipinski definition) is 0. The summed E-state index contributed by atoms with van der Waals surface area (Å²) in [4.78, 5) is 18.2. The van der Waals surface area contributed by atoms with E-state index < -0.39 is 0 Å². The minimum atomic E-state index is 0.156. The van der Waals surface area contributed by atoms with Crippen LogP contribution in [-0.2, 0) is 11.3 Å². The maximum absolute atomic E-state index is 12.9. The van der Waals surface area contributed by atoms with Gasteiger partial charge in [-0.05, 0) is 61.0 Å². The van der Waals surface area contributed by atoms with E-state index in [4.69, 9.17) is 9.47 Å². The van der Waals surface area contributed by atoms with E-state index in [1.54, 1.807) is 11.8 Å². The van der Waals surface area contributed by atoms with Crippen LogP contribution in [0.2, 0.25) is 0 Å². The van der Waals surface area contributed by atoms with E-state index in [1.165, 1.54) is 10.5 Å². The van der Waals surface area contributed by atoms with Gasteiger partial charge < -0.3 is 14.4 Å². The molecule has 0 aromatic heterocycles. The second-order valence-electron chi connectivity index (χ2n) is 7.63. The van der Waals surface area contributed by atoms with Crippen LogP contribution < -0.4 is 9.47 Å². The lowest BCUT2D eigenvalue weighted by Crippen LogP contribution is -2.37. The van der Waals surface area contributed by atoms with Crippen molar-refractivity contribution in [3.63, 3.8) is 0 Å². The van der Waals surface area contributed by atoms with Crippen LogP contribution in [0.5, 0.6) is 11.5 Å². The average molecular weight is 413 g/mol. The number of hydrogen-bond acceptors (Lipinski definition) is 5. The van der Waals surface area contributed by atoms with Crippen molar-refractivity contribution in [2.45, 2.75) is 30.3 Å². The second kappa shape index (κ2) is 9.09. The van der Waals surface area contributed by atoms with Gasteiger partial charge in [0, 0.05) is 24.5 Å². The monoisotopic (exact) mass is 412 g/mol. The zero-order valence-electron chi connectivity index (χ0n) is 17.1. The lowest BCUT2D eigenvalue weighted by molar-refractivity contribution is -0.131. The summed E-state index contributed by atoms with van der Waals surface area (Å²) >= 11 is 1.73. The Balaban J connectivity index is 1.39. The molecule has 2 aliphatic rings. The summed E-state index contributed by atoms with van der Waals surface area (Å²) in [6.45, 7) is 3.21. The minimum Gasteiger partial charge on any atom is -0.486 e. The number of benzene rings is 2. The Morgan fingerprint density at radius 2 is 1.90 bits per heavy atom. The third-order valence-electron chi connectivity index (χ3n) is 5.66. The first kappa shape index (κ1) is 20.1. The van der Waals surface area contributed by atoms with Crippen LogP contribution in [0.4, 0.5) is 0 Å². The third-order valence-corrected chi connectivity index (χ3v) is 6.40. The van der Waals surface area contributed by atoms with Gasteiger partial charge in [0.1, 0.15) is 13.2 Å². The first-order chi connectivity index (χ1) is 14.1. The molecule has 154 valence electrons. The number of amides is 1. The number of carbonyl (C=O) groups is 1. The Kier molecular flexibility index (Phi) is 6.31. The summed E-state index contributed by atoms with van der Waals surface area (Å²) in [5.41, 5.74) is 2.36. The molecule has 2 aliphatic heterocycles. The van der Waals surface area contributed by atoms with Gasteiger partial charge in [0.15, 0.2) is 11.5 Å². The molecule has 2 aromatic rings. The molecular weight excluding hydrogens is 384 g/mol. The van der Waals surface area contributed by atoms with E-state index in [0.717, 1.165) is 36.4 Å². The van der Waals surface area contributed by atoms with Crippen molar-refractivity contribution in [2.24, 2.45) is 0 Å². The van der Waals surface area contributed by atoms with Gasteiger partial charge in [-0.1, -0.05) is 18.2 Å². The molecule has 1 amide bonds. The minimum absolute atomic E-state index is 0.156. The molecule has 0 unspecified atom stereocenters. The molecule has 0 bridgehead atoms. The molecule has 0 saturated carbocycles. The highest BCUT2D eigenvalue weighted by Gasteiger charge is 2.29. The van der Waals surface area contributed by atoms with E-state index >= 15 is 0 Å². The van der Waals surface area contributed by atoms with Crippen molar-refractivity contribution in [3.8, 4) is 11.5 Å². The number of carbonyl (C=O) groups excluding carboxylic acids is 1. The topological polar surface area (TPSA) is 42.0 Å². The van der Waals surface area contributed by atoms with Crippen molar-refractivity contribution < 1.29 is 14.3 Å². The molecule has 6 heteroatoms. The molecule has 0 N–H and O–H groups in total. The van der Waals surface area contributed by atoms with Gasteiger partial charge in [0.05, 0.1) is 6.54 Å². The number of fused-ring (bicyclic) bond motifs is 1. The standard InChI is InChI=1S/C23H28N2O3S/c1-24(15-17-5-8-19(29-2)9-6-17)23(26)16-25-11-3-4-20(25)18-7-10-21-22(14-18)28-13-12-27-21/h5-10,14,20H,3-4,11-13,15-16H2,1-2H3/t20-/m0/s1. The predicted molar refractivity (Wildman–Crippen MR) is 116 cm³/mol. The van der Waals surface area contributed by atoms with Gasteiger partial charge >= 0.3 is 0 Å². The molecule has 0 spiro atoms.